The highest BCUT2D eigenvalue weighted by Crippen LogP contribution is 2.34. The van der Waals surface area contributed by atoms with Gasteiger partial charge in [0.1, 0.15) is 5.69 Å². The molecular weight excluding hydrogens is 547 g/mol. The molecule has 40 heavy (non-hydrogen) atoms. The number of hydrogen-bond donors (Lipinski definition) is 2. The highest BCUT2D eigenvalue weighted by atomic mass is 35.5. The largest absolute Gasteiger partial charge is 0.389 e. The number of rotatable bonds is 6. The SMILES string of the molecule is Cc1c(CN2CCCC(F)(F)C2)n(C(C)C)c2cc(-c3nc(N[C@@H]4CCOC[C@H]4O)ncc3F)cc(Cl)c2c1=O. The van der Waals surface area contributed by atoms with Crippen molar-refractivity contribution in [2.75, 3.05) is 31.6 Å². The van der Waals surface area contributed by atoms with Gasteiger partial charge < -0.3 is 19.7 Å². The second kappa shape index (κ2) is 11.3. The van der Waals surface area contributed by atoms with Crippen LogP contribution in [0, 0.1) is 12.7 Å². The fourth-order valence-corrected chi connectivity index (χ4v) is 5.96. The molecule has 0 radical (unpaired) electrons. The number of nitrogens with zero attached hydrogens (tertiary/aromatic N) is 4. The van der Waals surface area contributed by atoms with Gasteiger partial charge in [-0.1, -0.05) is 11.6 Å². The van der Waals surface area contributed by atoms with E-state index in [4.69, 9.17) is 16.3 Å². The summed E-state index contributed by atoms with van der Waals surface area (Å²) in [6, 6.07) is 2.65. The number of aliphatic hydroxyl groups is 1. The van der Waals surface area contributed by atoms with Crippen LogP contribution in [0.15, 0.2) is 23.1 Å². The maximum atomic E-state index is 15.1. The summed E-state index contributed by atoms with van der Waals surface area (Å²) in [6.07, 6.45) is 1.04. The Hall–Kier alpha value is -2.73. The van der Waals surface area contributed by atoms with Crippen molar-refractivity contribution in [3.63, 3.8) is 0 Å². The van der Waals surface area contributed by atoms with Crippen molar-refractivity contribution in [1.82, 2.24) is 19.4 Å². The third-order valence-electron chi connectivity index (χ3n) is 7.64. The van der Waals surface area contributed by atoms with Crippen LogP contribution in [0.3, 0.4) is 0 Å². The molecule has 0 amide bonds. The minimum atomic E-state index is -2.78. The molecule has 1 aromatic carbocycles. The minimum Gasteiger partial charge on any atom is -0.389 e. The van der Waals surface area contributed by atoms with E-state index in [0.717, 1.165) is 6.20 Å². The standard InChI is InChI=1S/C28H33ClF3N5O3/c1-15(2)37-21-10-17(25-19(30)11-33-27(35-25)34-20-5-8-40-13-23(20)38)9-18(29)24(21)26(39)16(3)22(37)12-36-7-4-6-28(31,32)14-36/h9-11,15,20,23,38H,4-8,12-14H2,1-3H3,(H,33,34,35)/t20-,23-/m1/s1. The Morgan fingerprint density at radius 1 is 1.32 bits per heavy atom. The highest BCUT2D eigenvalue weighted by Gasteiger charge is 2.36. The lowest BCUT2D eigenvalue weighted by Crippen LogP contribution is -2.43. The van der Waals surface area contributed by atoms with Gasteiger partial charge in [0.25, 0.3) is 5.92 Å². The fraction of sp³-hybridized carbons (Fsp3) is 0.536. The number of nitrogens with one attached hydrogen (secondary N) is 1. The zero-order chi connectivity index (χ0) is 28.8. The Kier molecular flexibility index (Phi) is 8.11. The number of aromatic nitrogens is 3. The third-order valence-corrected chi connectivity index (χ3v) is 7.94. The van der Waals surface area contributed by atoms with Crippen molar-refractivity contribution in [2.45, 2.75) is 70.7 Å². The zero-order valence-electron chi connectivity index (χ0n) is 22.7. The van der Waals surface area contributed by atoms with Gasteiger partial charge in [-0.05, 0) is 52.3 Å². The Labute approximate surface area is 235 Å². The number of halogens is 4. The van der Waals surface area contributed by atoms with Crippen LogP contribution in [0.25, 0.3) is 22.2 Å². The lowest BCUT2D eigenvalue weighted by Gasteiger charge is -2.34. The van der Waals surface area contributed by atoms with Gasteiger partial charge in [-0.15, -0.1) is 0 Å². The molecule has 2 N–H and O–H groups in total. The summed E-state index contributed by atoms with van der Waals surface area (Å²) in [5, 5.41) is 13.7. The Bertz CT molecular complexity index is 1480. The number of anilines is 1. The first-order chi connectivity index (χ1) is 18.9. The van der Waals surface area contributed by atoms with Crippen LogP contribution in [-0.2, 0) is 11.3 Å². The molecule has 0 unspecified atom stereocenters. The number of benzene rings is 1. The molecule has 2 aromatic heterocycles. The van der Waals surface area contributed by atoms with Crippen LogP contribution in [-0.4, -0.2) is 68.9 Å². The summed E-state index contributed by atoms with van der Waals surface area (Å²) in [4.78, 5) is 23.6. The Balaban J connectivity index is 1.61. The molecule has 2 aliphatic heterocycles. The van der Waals surface area contributed by atoms with E-state index < -0.39 is 17.8 Å². The number of pyridine rings is 1. The normalized spacial score (nSPS) is 21.7. The summed E-state index contributed by atoms with van der Waals surface area (Å²) >= 11 is 6.66. The first-order valence-electron chi connectivity index (χ1n) is 13.5. The van der Waals surface area contributed by atoms with Crippen molar-refractivity contribution in [3.05, 3.63) is 50.7 Å². The molecule has 2 atom stereocenters. The first kappa shape index (κ1) is 28.8. The summed E-state index contributed by atoms with van der Waals surface area (Å²) in [5.74, 6) is -3.33. The number of likely N-dealkylation sites (tertiary alicyclic amines) is 1. The van der Waals surface area contributed by atoms with Crippen molar-refractivity contribution in [1.29, 1.82) is 0 Å². The van der Waals surface area contributed by atoms with Gasteiger partial charge in [-0.2, -0.15) is 0 Å². The summed E-state index contributed by atoms with van der Waals surface area (Å²) < 4.78 is 50.6. The third kappa shape index (κ3) is 5.70. The lowest BCUT2D eigenvalue weighted by atomic mass is 10.0. The number of fused-ring (bicyclic) bond motifs is 1. The van der Waals surface area contributed by atoms with E-state index in [-0.39, 0.29) is 65.7 Å². The molecule has 0 aliphatic carbocycles. The van der Waals surface area contributed by atoms with E-state index in [9.17, 15) is 18.7 Å². The van der Waals surface area contributed by atoms with Crippen molar-refractivity contribution < 1.29 is 23.0 Å². The van der Waals surface area contributed by atoms with Gasteiger partial charge in [0.05, 0.1) is 47.4 Å². The van der Waals surface area contributed by atoms with E-state index in [1.807, 2.05) is 18.4 Å². The molecule has 0 saturated carbocycles. The lowest BCUT2D eigenvalue weighted by molar-refractivity contribution is -0.0666. The van der Waals surface area contributed by atoms with Crippen molar-refractivity contribution in [2.24, 2.45) is 0 Å². The quantitative estimate of drug-likeness (QED) is 0.428. The molecule has 0 spiro atoms. The van der Waals surface area contributed by atoms with E-state index in [1.165, 1.54) is 6.07 Å². The smallest absolute Gasteiger partial charge is 0.260 e. The van der Waals surface area contributed by atoms with Gasteiger partial charge in [0, 0.05) is 42.4 Å². The van der Waals surface area contributed by atoms with Gasteiger partial charge in [0.2, 0.25) is 5.95 Å². The average Bonchev–Trinajstić information content (AvgIpc) is 2.88. The van der Waals surface area contributed by atoms with Crippen molar-refractivity contribution in [3.8, 4) is 11.3 Å². The van der Waals surface area contributed by atoms with E-state index in [1.54, 1.807) is 17.9 Å². The minimum absolute atomic E-state index is 0.0246. The van der Waals surface area contributed by atoms with Crippen molar-refractivity contribution >= 4 is 28.5 Å². The van der Waals surface area contributed by atoms with Crippen LogP contribution in [0.2, 0.25) is 5.02 Å². The van der Waals surface area contributed by atoms with Gasteiger partial charge in [-0.25, -0.2) is 23.1 Å². The summed E-state index contributed by atoms with van der Waals surface area (Å²) in [6.45, 7) is 6.51. The molecule has 12 heteroatoms. The number of alkyl halides is 2. The van der Waals surface area contributed by atoms with Gasteiger partial charge >= 0.3 is 0 Å². The molecule has 0 bridgehead atoms. The topological polar surface area (TPSA) is 92.5 Å². The molecule has 2 fully saturated rings. The maximum absolute atomic E-state index is 15.1. The second-order valence-electron chi connectivity index (χ2n) is 11.0. The zero-order valence-corrected chi connectivity index (χ0v) is 23.4. The molecule has 216 valence electrons. The number of ether oxygens (including phenoxy) is 1. The molecule has 5 rings (SSSR count). The molecule has 4 heterocycles. The average molecular weight is 580 g/mol. The van der Waals surface area contributed by atoms with Crippen LogP contribution in [0.1, 0.15) is 50.4 Å². The van der Waals surface area contributed by atoms with E-state index >= 15 is 4.39 Å². The predicted molar refractivity (Wildman–Crippen MR) is 148 cm³/mol. The Morgan fingerprint density at radius 2 is 2.10 bits per heavy atom. The maximum Gasteiger partial charge on any atom is 0.260 e. The monoisotopic (exact) mass is 579 g/mol. The summed E-state index contributed by atoms with van der Waals surface area (Å²) in [5.41, 5.74) is 1.56. The van der Waals surface area contributed by atoms with Crippen LogP contribution >= 0.6 is 11.6 Å². The van der Waals surface area contributed by atoms with Crippen LogP contribution in [0.5, 0.6) is 0 Å². The number of piperidine rings is 1. The molecular formula is C28H33ClF3N5O3. The van der Waals surface area contributed by atoms with E-state index in [2.05, 4.69) is 15.3 Å². The first-order valence-corrected chi connectivity index (χ1v) is 13.9. The predicted octanol–water partition coefficient (Wildman–Crippen LogP) is 4.93. The van der Waals surface area contributed by atoms with Crippen LogP contribution in [0.4, 0.5) is 19.1 Å². The Morgan fingerprint density at radius 3 is 2.80 bits per heavy atom. The second-order valence-corrected chi connectivity index (χ2v) is 11.4. The van der Waals surface area contributed by atoms with Gasteiger partial charge in [0.15, 0.2) is 11.2 Å². The molecule has 2 saturated heterocycles. The van der Waals surface area contributed by atoms with E-state index in [0.29, 0.717) is 48.3 Å². The summed E-state index contributed by atoms with van der Waals surface area (Å²) in [7, 11) is 0. The molecule has 8 nitrogen and oxygen atoms in total. The molecule has 3 aromatic rings. The number of hydrogen-bond acceptors (Lipinski definition) is 7. The van der Waals surface area contributed by atoms with Crippen LogP contribution < -0.4 is 10.7 Å². The number of aliphatic hydroxyl groups excluding tert-OH is 1. The molecule has 2 aliphatic rings. The highest BCUT2D eigenvalue weighted by molar-refractivity contribution is 6.35. The fourth-order valence-electron chi connectivity index (χ4n) is 5.66. The van der Waals surface area contributed by atoms with Gasteiger partial charge in [-0.3, -0.25) is 9.69 Å².